The predicted octanol–water partition coefficient (Wildman–Crippen LogP) is 3.34. The van der Waals surface area contributed by atoms with Gasteiger partial charge in [-0.05, 0) is 35.9 Å². The van der Waals surface area contributed by atoms with E-state index in [1.54, 1.807) is 24.3 Å². The summed E-state index contributed by atoms with van der Waals surface area (Å²) in [7, 11) is 1.24. The van der Waals surface area contributed by atoms with Gasteiger partial charge in [0.15, 0.2) is 5.17 Å². The number of hydrogen-bond acceptors (Lipinski definition) is 5. The number of aryl methyl sites for hydroxylation is 1. The van der Waals surface area contributed by atoms with Crippen LogP contribution >= 0.6 is 11.8 Å². The summed E-state index contributed by atoms with van der Waals surface area (Å²) in [6.07, 6.45) is 1.89. The molecule has 3 rings (SSSR count). The van der Waals surface area contributed by atoms with E-state index in [0.717, 1.165) is 23.4 Å². The van der Waals surface area contributed by atoms with Crippen LogP contribution in [0.3, 0.4) is 0 Å². The van der Waals surface area contributed by atoms with Crippen molar-refractivity contribution in [2.24, 2.45) is 4.99 Å². The van der Waals surface area contributed by atoms with Gasteiger partial charge in [-0.3, -0.25) is 14.5 Å². The Morgan fingerprint density at radius 3 is 2.36 bits per heavy atom. The number of ether oxygens (including phenoxy) is 1. The summed E-state index contributed by atoms with van der Waals surface area (Å²) < 4.78 is 4.60. The highest BCUT2D eigenvalue weighted by atomic mass is 32.2. The van der Waals surface area contributed by atoms with Gasteiger partial charge < -0.3 is 4.74 Å². The molecule has 0 atom stereocenters. The Hall–Kier alpha value is -3.19. The van der Waals surface area contributed by atoms with Crippen LogP contribution in [0.2, 0.25) is 0 Å². The Balaban J connectivity index is 1.84. The maximum Gasteiger partial charge on any atom is 0.331 e. The van der Waals surface area contributed by atoms with E-state index in [9.17, 15) is 14.4 Å². The second kappa shape index (κ2) is 9.14. The fourth-order valence-corrected chi connectivity index (χ4v) is 3.54. The standard InChI is InChI=1S/C21H18N2O4S/c1-27-19(25)14-17-20(26)23(16-10-6-3-7-11-16)21(28-17)22-18(24)13-12-15-8-4-2-5-9-15/h2-11,14H,12-13H2,1H3. The van der Waals surface area contributed by atoms with Crippen LogP contribution in [0.1, 0.15) is 12.0 Å². The summed E-state index contributed by atoms with van der Waals surface area (Å²) in [6.45, 7) is 0. The fraction of sp³-hybridized carbons (Fsp3) is 0.143. The van der Waals surface area contributed by atoms with E-state index in [0.29, 0.717) is 12.1 Å². The van der Waals surface area contributed by atoms with Gasteiger partial charge in [0.05, 0.1) is 17.7 Å². The number of hydrogen-bond donors (Lipinski definition) is 0. The molecule has 0 bridgehead atoms. The molecule has 1 fully saturated rings. The molecule has 0 spiro atoms. The van der Waals surface area contributed by atoms with Crippen molar-refractivity contribution in [1.29, 1.82) is 0 Å². The largest absolute Gasteiger partial charge is 0.466 e. The quantitative estimate of drug-likeness (QED) is 0.574. The number of nitrogens with zero attached hydrogens (tertiary/aromatic N) is 2. The first-order valence-electron chi connectivity index (χ1n) is 8.61. The lowest BCUT2D eigenvalue weighted by atomic mass is 10.1. The minimum absolute atomic E-state index is 0.158. The van der Waals surface area contributed by atoms with Gasteiger partial charge in [-0.1, -0.05) is 48.5 Å². The van der Waals surface area contributed by atoms with Crippen LogP contribution in [0.25, 0.3) is 0 Å². The molecule has 0 saturated carbocycles. The molecular weight excluding hydrogens is 376 g/mol. The number of para-hydroxylation sites is 1. The molecule has 7 heteroatoms. The van der Waals surface area contributed by atoms with Crippen molar-refractivity contribution in [1.82, 2.24) is 0 Å². The Morgan fingerprint density at radius 1 is 1.07 bits per heavy atom. The van der Waals surface area contributed by atoms with Crippen LogP contribution < -0.4 is 4.90 Å². The summed E-state index contributed by atoms with van der Waals surface area (Å²) in [6, 6.07) is 18.5. The molecule has 2 aromatic carbocycles. The van der Waals surface area contributed by atoms with Crippen LogP contribution in [-0.4, -0.2) is 30.1 Å². The fourth-order valence-electron chi connectivity index (χ4n) is 2.58. The average Bonchev–Trinajstić information content (AvgIpc) is 3.02. The smallest absolute Gasteiger partial charge is 0.331 e. The second-order valence-corrected chi connectivity index (χ2v) is 6.89. The third-order valence-electron chi connectivity index (χ3n) is 3.96. The number of carbonyl (C=O) groups is 3. The number of anilines is 1. The number of amides is 2. The highest BCUT2D eigenvalue weighted by molar-refractivity contribution is 8.19. The minimum atomic E-state index is -0.638. The van der Waals surface area contributed by atoms with Crippen molar-refractivity contribution in [2.75, 3.05) is 12.0 Å². The monoisotopic (exact) mass is 394 g/mol. The molecule has 28 heavy (non-hydrogen) atoms. The van der Waals surface area contributed by atoms with Crippen LogP contribution in [0.4, 0.5) is 5.69 Å². The number of carbonyl (C=O) groups excluding carboxylic acids is 3. The van der Waals surface area contributed by atoms with Gasteiger partial charge in [0, 0.05) is 12.5 Å². The Kier molecular flexibility index (Phi) is 6.39. The normalized spacial score (nSPS) is 16.6. The van der Waals surface area contributed by atoms with Crippen LogP contribution in [0.5, 0.6) is 0 Å². The number of aliphatic imine (C=N–C) groups is 1. The van der Waals surface area contributed by atoms with Gasteiger partial charge in [0.2, 0.25) is 5.91 Å². The molecule has 1 saturated heterocycles. The predicted molar refractivity (Wildman–Crippen MR) is 109 cm³/mol. The molecule has 2 amide bonds. The highest BCUT2D eigenvalue weighted by Crippen LogP contribution is 2.34. The number of amidine groups is 1. The van der Waals surface area contributed by atoms with Crippen molar-refractivity contribution in [3.8, 4) is 0 Å². The first kappa shape index (κ1) is 19.6. The average molecular weight is 394 g/mol. The summed E-state index contributed by atoms with van der Waals surface area (Å²) in [5, 5.41) is 0.226. The van der Waals surface area contributed by atoms with Gasteiger partial charge in [-0.15, -0.1) is 0 Å². The molecule has 2 aromatic rings. The lowest BCUT2D eigenvalue weighted by Gasteiger charge is -2.15. The molecule has 0 unspecified atom stereocenters. The molecule has 6 nitrogen and oxygen atoms in total. The first-order chi connectivity index (χ1) is 13.6. The molecule has 0 aromatic heterocycles. The second-order valence-electron chi connectivity index (χ2n) is 5.88. The Bertz CT molecular complexity index is 939. The zero-order valence-corrected chi connectivity index (χ0v) is 16.0. The Labute approximate surface area is 166 Å². The summed E-state index contributed by atoms with van der Waals surface area (Å²) in [5.41, 5.74) is 1.61. The van der Waals surface area contributed by atoms with E-state index in [-0.39, 0.29) is 22.4 Å². The molecule has 1 aliphatic heterocycles. The molecule has 1 aliphatic rings. The van der Waals surface area contributed by atoms with Crippen LogP contribution in [0, 0.1) is 0 Å². The van der Waals surface area contributed by atoms with Gasteiger partial charge in [0.1, 0.15) is 0 Å². The number of rotatable bonds is 5. The van der Waals surface area contributed by atoms with Crippen molar-refractivity contribution in [2.45, 2.75) is 12.8 Å². The molecule has 0 N–H and O–H groups in total. The summed E-state index contributed by atoms with van der Waals surface area (Å²) in [5.74, 6) is -1.39. The van der Waals surface area contributed by atoms with E-state index in [4.69, 9.17) is 0 Å². The van der Waals surface area contributed by atoms with Crippen LogP contribution in [-0.2, 0) is 25.5 Å². The first-order valence-corrected chi connectivity index (χ1v) is 9.42. The van der Waals surface area contributed by atoms with E-state index in [1.807, 2.05) is 36.4 Å². The van der Waals surface area contributed by atoms with Gasteiger partial charge in [-0.25, -0.2) is 4.79 Å². The third-order valence-corrected chi connectivity index (χ3v) is 4.93. The van der Waals surface area contributed by atoms with E-state index in [1.165, 1.54) is 12.0 Å². The lowest BCUT2D eigenvalue weighted by molar-refractivity contribution is -0.135. The van der Waals surface area contributed by atoms with Crippen molar-refractivity contribution in [3.05, 3.63) is 77.2 Å². The SMILES string of the molecule is COC(=O)C=C1SC(=NC(=O)CCc2ccccc2)N(c2ccccc2)C1=O. The Morgan fingerprint density at radius 2 is 1.71 bits per heavy atom. The minimum Gasteiger partial charge on any atom is -0.466 e. The third kappa shape index (κ3) is 4.75. The molecule has 1 heterocycles. The summed E-state index contributed by atoms with van der Waals surface area (Å²) in [4.78, 5) is 42.3. The van der Waals surface area contributed by atoms with Gasteiger partial charge in [0.25, 0.3) is 5.91 Å². The van der Waals surface area contributed by atoms with E-state index < -0.39 is 11.9 Å². The van der Waals surface area contributed by atoms with E-state index in [2.05, 4.69) is 9.73 Å². The molecular formula is C21H18N2O4S. The topological polar surface area (TPSA) is 76.0 Å². The zero-order chi connectivity index (χ0) is 19.9. The maximum absolute atomic E-state index is 12.8. The van der Waals surface area contributed by atoms with Crippen molar-refractivity contribution >= 4 is 40.4 Å². The zero-order valence-electron chi connectivity index (χ0n) is 15.2. The van der Waals surface area contributed by atoms with Crippen molar-refractivity contribution in [3.63, 3.8) is 0 Å². The highest BCUT2D eigenvalue weighted by Gasteiger charge is 2.35. The lowest BCUT2D eigenvalue weighted by Crippen LogP contribution is -2.29. The van der Waals surface area contributed by atoms with Gasteiger partial charge in [-0.2, -0.15) is 4.99 Å². The molecule has 0 radical (unpaired) electrons. The molecule has 142 valence electrons. The van der Waals surface area contributed by atoms with Gasteiger partial charge >= 0.3 is 5.97 Å². The number of esters is 1. The van der Waals surface area contributed by atoms with Crippen LogP contribution in [0.15, 0.2) is 76.6 Å². The number of methoxy groups -OCH3 is 1. The van der Waals surface area contributed by atoms with Crippen molar-refractivity contribution < 1.29 is 19.1 Å². The number of thioether (sulfide) groups is 1. The van der Waals surface area contributed by atoms with E-state index >= 15 is 0 Å². The number of benzene rings is 2. The molecule has 0 aliphatic carbocycles. The summed E-state index contributed by atoms with van der Waals surface area (Å²) >= 11 is 0.981. The maximum atomic E-state index is 12.8.